The van der Waals surface area contributed by atoms with Crippen molar-refractivity contribution in [2.75, 3.05) is 5.32 Å². The van der Waals surface area contributed by atoms with E-state index in [-0.39, 0.29) is 5.91 Å². The van der Waals surface area contributed by atoms with Gasteiger partial charge in [-0.1, -0.05) is 11.6 Å². The predicted octanol–water partition coefficient (Wildman–Crippen LogP) is 1.65. The summed E-state index contributed by atoms with van der Waals surface area (Å²) in [6, 6.07) is 6.07. The Balaban J connectivity index is 2.60. The molecule has 0 radical (unpaired) electrons. The van der Waals surface area contributed by atoms with Gasteiger partial charge in [0.25, 0.3) is 0 Å². The molecule has 5 heteroatoms. The smallest absolute Gasteiger partial charge is 0.243 e. The number of benzene rings is 1. The highest BCUT2D eigenvalue weighted by Crippen LogP contribution is 2.13. The molecule has 14 heavy (non-hydrogen) atoms. The summed E-state index contributed by atoms with van der Waals surface area (Å²) in [5.74, 6) is -0.310. The van der Waals surface area contributed by atoms with Gasteiger partial charge in [0.2, 0.25) is 5.91 Å². The van der Waals surface area contributed by atoms with Crippen LogP contribution >= 0.6 is 11.6 Å². The van der Waals surface area contributed by atoms with Crippen molar-refractivity contribution >= 4 is 23.2 Å². The van der Waals surface area contributed by atoms with Crippen LogP contribution in [0.4, 0.5) is 5.69 Å². The first kappa shape index (κ1) is 11.0. The molecule has 1 rings (SSSR count). The Kier molecular flexibility index (Phi) is 3.88. The first-order chi connectivity index (χ1) is 6.63. The summed E-state index contributed by atoms with van der Waals surface area (Å²) >= 11 is 5.67. The highest BCUT2D eigenvalue weighted by molar-refractivity contribution is 6.30. The Morgan fingerprint density at radius 2 is 2.00 bits per heavy atom. The summed E-state index contributed by atoms with van der Waals surface area (Å²) in [6.07, 6.45) is 0. The number of amides is 1. The highest BCUT2D eigenvalue weighted by Gasteiger charge is 2.10. The molecule has 0 saturated carbocycles. The lowest BCUT2D eigenvalue weighted by Gasteiger charge is -2.09. The third kappa shape index (κ3) is 2.99. The lowest BCUT2D eigenvalue weighted by molar-refractivity contribution is -0.120. The van der Waals surface area contributed by atoms with E-state index < -0.39 is 6.04 Å². The first-order valence-electron chi connectivity index (χ1n) is 4.09. The maximum atomic E-state index is 11.3. The highest BCUT2D eigenvalue weighted by atomic mass is 35.5. The average molecular weight is 215 g/mol. The molecule has 0 saturated heterocycles. The summed E-state index contributed by atoms with van der Waals surface area (Å²) in [7, 11) is 0. The molecule has 0 aromatic heterocycles. The second kappa shape index (κ2) is 4.95. The van der Waals surface area contributed by atoms with Crippen LogP contribution in [0, 0.1) is 0 Å². The Morgan fingerprint density at radius 3 is 2.50 bits per heavy atom. The van der Waals surface area contributed by atoms with Gasteiger partial charge in [0, 0.05) is 10.7 Å². The van der Waals surface area contributed by atoms with Crippen LogP contribution in [-0.2, 0) is 4.79 Å². The van der Waals surface area contributed by atoms with E-state index in [0.29, 0.717) is 10.7 Å². The molecule has 1 unspecified atom stereocenters. The molecule has 1 aromatic rings. The van der Waals surface area contributed by atoms with Crippen LogP contribution in [0.5, 0.6) is 0 Å². The van der Waals surface area contributed by atoms with E-state index in [2.05, 4.69) is 5.32 Å². The van der Waals surface area contributed by atoms with Gasteiger partial charge in [-0.3, -0.25) is 4.79 Å². The van der Waals surface area contributed by atoms with Crippen LogP contribution in [0.1, 0.15) is 6.92 Å². The van der Waals surface area contributed by atoms with E-state index in [0.717, 1.165) is 0 Å². The van der Waals surface area contributed by atoms with E-state index in [1.807, 2.05) is 5.48 Å². The SMILES string of the molecule is CC(NO)C(=O)Nc1ccc(Cl)cc1. The maximum absolute atomic E-state index is 11.3. The zero-order valence-electron chi connectivity index (χ0n) is 7.62. The van der Waals surface area contributed by atoms with Crippen LogP contribution in [0.15, 0.2) is 24.3 Å². The van der Waals surface area contributed by atoms with Crippen molar-refractivity contribution in [3.8, 4) is 0 Å². The van der Waals surface area contributed by atoms with Crippen molar-refractivity contribution in [1.29, 1.82) is 0 Å². The number of anilines is 1. The molecule has 0 fully saturated rings. The molecule has 4 nitrogen and oxygen atoms in total. The molecule has 1 amide bonds. The van der Waals surface area contributed by atoms with Crippen LogP contribution in [0.25, 0.3) is 0 Å². The number of halogens is 1. The summed E-state index contributed by atoms with van der Waals surface area (Å²) in [4.78, 5) is 11.3. The quantitative estimate of drug-likeness (QED) is 0.671. The maximum Gasteiger partial charge on any atom is 0.243 e. The molecule has 3 N–H and O–H groups in total. The van der Waals surface area contributed by atoms with E-state index in [4.69, 9.17) is 16.8 Å². The zero-order chi connectivity index (χ0) is 10.6. The van der Waals surface area contributed by atoms with Crippen molar-refractivity contribution in [3.63, 3.8) is 0 Å². The van der Waals surface area contributed by atoms with E-state index in [1.165, 1.54) is 0 Å². The number of nitrogens with one attached hydrogen (secondary N) is 2. The van der Waals surface area contributed by atoms with Gasteiger partial charge in [-0.15, -0.1) is 0 Å². The summed E-state index contributed by atoms with van der Waals surface area (Å²) < 4.78 is 0. The fraction of sp³-hybridized carbons (Fsp3) is 0.222. The molecular weight excluding hydrogens is 204 g/mol. The first-order valence-corrected chi connectivity index (χ1v) is 4.47. The number of hydrogen-bond donors (Lipinski definition) is 3. The molecule has 1 aromatic carbocycles. The Morgan fingerprint density at radius 1 is 1.43 bits per heavy atom. The molecule has 0 heterocycles. The third-order valence-corrected chi connectivity index (χ3v) is 1.95. The molecule has 1 atom stereocenters. The number of rotatable bonds is 3. The van der Waals surface area contributed by atoms with Crippen molar-refractivity contribution < 1.29 is 10.0 Å². The minimum absolute atomic E-state index is 0.310. The van der Waals surface area contributed by atoms with Crippen LogP contribution in [-0.4, -0.2) is 17.2 Å². The van der Waals surface area contributed by atoms with Crippen molar-refractivity contribution in [1.82, 2.24) is 5.48 Å². The second-order valence-electron chi connectivity index (χ2n) is 2.85. The topological polar surface area (TPSA) is 61.4 Å². The van der Waals surface area contributed by atoms with E-state index in [9.17, 15) is 4.79 Å². The van der Waals surface area contributed by atoms with Crippen LogP contribution < -0.4 is 10.8 Å². The minimum atomic E-state index is -0.648. The second-order valence-corrected chi connectivity index (χ2v) is 3.28. The van der Waals surface area contributed by atoms with Gasteiger partial charge >= 0.3 is 0 Å². The summed E-state index contributed by atoms with van der Waals surface area (Å²) in [5.41, 5.74) is 2.50. The van der Waals surface area contributed by atoms with Gasteiger partial charge in [-0.05, 0) is 31.2 Å². The Labute approximate surface area is 86.8 Å². The molecule has 0 aliphatic carbocycles. The molecule has 0 aliphatic rings. The van der Waals surface area contributed by atoms with E-state index >= 15 is 0 Å². The molecule has 0 aliphatic heterocycles. The fourth-order valence-electron chi connectivity index (χ4n) is 0.842. The summed E-state index contributed by atoms with van der Waals surface area (Å²) in [6.45, 7) is 1.55. The summed E-state index contributed by atoms with van der Waals surface area (Å²) in [5, 5.41) is 11.7. The Hall–Kier alpha value is -1.10. The van der Waals surface area contributed by atoms with Crippen molar-refractivity contribution in [2.45, 2.75) is 13.0 Å². The monoisotopic (exact) mass is 214 g/mol. The molecular formula is C9H11ClN2O2. The molecule has 0 spiro atoms. The van der Waals surface area contributed by atoms with Crippen molar-refractivity contribution in [2.24, 2.45) is 0 Å². The Bertz CT molecular complexity index is 313. The zero-order valence-corrected chi connectivity index (χ0v) is 8.38. The minimum Gasteiger partial charge on any atom is -0.325 e. The van der Waals surface area contributed by atoms with Gasteiger partial charge in [0.1, 0.15) is 6.04 Å². The van der Waals surface area contributed by atoms with Crippen molar-refractivity contribution in [3.05, 3.63) is 29.3 Å². The number of carbonyl (C=O) groups is 1. The largest absolute Gasteiger partial charge is 0.325 e. The normalized spacial score (nSPS) is 12.2. The van der Waals surface area contributed by atoms with Crippen LogP contribution in [0.2, 0.25) is 5.02 Å². The van der Waals surface area contributed by atoms with Gasteiger partial charge in [-0.2, -0.15) is 5.48 Å². The molecule has 76 valence electrons. The standard InChI is InChI=1S/C9H11ClN2O2/c1-6(12-14)9(13)11-8-4-2-7(10)3-5-8/h2-6,12,14H,1H3,(H,11,13). The van der Waals surface area contributed by atoms with Gasteiger partial charge in [0.05, 0.1) is 0 Å². The van der Waals surface area contributed by atoms with Gasteiger partial charge in [0.15, 0.2) is 0 Å². The van der Waals surface area contributed by atoms with Crippen LogP contribution in [0.3, 0.4) is 0 Å². The number of carbonyl (C=O) groups excluding carboxylic acids is 1. The average Bonchev–Trinajstić information content (AvgIpc) is 2.20. The predicted molar refractivity (Wildman–Crippen MR) is 54.5 cm³/mol. The number of hydrogen-bond acceptors (Lipinski definition) is 3. The fourth-order valence-corrected chi connectivity index (χ4v) is 0.968. The van der Waals surface area contributed by atoms with Gasteiger partial charge in [-0.25, -0.2) is 0 Å². The lowest BCUT2D eigenvalue weighted by atomic mass is 10.3. The molecule has 0 bridgehead atoms. The van der Waals surface area contributed by atoms with Gasteiger partial charge < -0.3 is 10.5 Å². The lowest BCUT2D eigenvalue weighted by Crippen LogP contribution is -2.35. The number of hydroxylamine groups is 1. The third-order valence-electron chi connectivity index (χ3n) is 1.70. The van der Waals surface area contributed by atoms with E-state index in [1.54, 1.807) is 31.2 Å².